The van der Waals surface area contributed by atoms with E-state index in [2.05, 4.69) is 4.74 Å². The SMILES string of the molecule is CCC(=O)C1=CC(OC)(C(F)(F)F)CC=C1C. The van der Waals surface area contributed by atoms with E-state index < -0.39 is 11.8 Å². The van der Waals surface area contributed by atoms with Gasteiger partial charge < -0.3 is 4.74 Å². The molecule has 0 radical (unpaired) electrons. The maximum absolute atomic E-state index is 13.0. The number of methoxy groups -OCH3 is 1. The molecule has 1 aliphatic rings. The standard InChI is InChI=1S/C12H15F3O2/c1-4-10(16)9-7-11(17-3,12(13,14)15)6-5-8(9)2/h5,7H,4,6H2,1-3H3. The number of hydrogen-bond donors (Lipinski definition) is 0. The van der Waals surface area contributed by atoms with Crippen molar-refractivity contribution in [1.29, 1.82) is 0 Å². The molecule has 0 fully saturated rings. The van der Waals surface area contributed by atoms with Crippen LogP contribution in [0.2, 0.25) is 0 Å². The zero-order valence-electron chi connectivity index (χ0n) is 10.0. The molecule has 1 atom stereocenters. The largest absolute Gasteiger partial charge is 0.421 e. The Kier molecular flexibility index (Phi) is 3.81. The highest BCUT2D eigenvalue weighted by molar-refractivity contribution is 5.99. The highest BCUT2D eigenvalue weighted by Gasteiger charge is 2.54. The van der Waals surface area contributed by atoms with Crippen molar-refractivity contribution >= 4 is 5.78 Å². The molecule has 1 unspecified atom stereocenters. The molecule has 96 valence electrons. The number of Topliss-reactive ketones (excluding diaryl/α,β-unsaturated/α-hetero) is 1. The van der Waals surface area contributed by atoms with Gasteiger partial charge in [-0.05, 0) is 18.6 Å². The van der Waals surface area contributed by atoms with Crippen LogP contribution in [0.3, 0.4) is 0 Å². The Morgan fingerprint density at radius 2 is 2.12 bits per heavy atom. The van der Waals surface area contributed by atoms with Gasteiger partial charge >= 0.3 is 6.18 Å². The number of rotatable bonds is 3. The summed E-state index contributed by atoms with van der Waals surface area (Å²) in [5.41, 5.74) is -1.68. The zero-order valence-corrected chi connectivity index (χ0v) is 10.0. The van der Waals surface area contributed by atoms with Crippen molar-refractivity contribution in [3.63, 3.8) is 0 Å². The zero-order chi connectivity index (χ0) is 13.3. The fourth-order valence-electron chi connectivity index (χ4n) is 1.77. The first-order chi connectivity index (χ1) is 7.77. The van der Waals surface area contributed by atoms with Crippen molar-refractivity contribution in [3.05, 3.63) is 23.3 Å². The summed E-state index contributed by atoms with van der Waals surface area (Å²) in [6, 6.07) is 0. The highest BCUT2D eigenvalue weighted by atomic mass is 19.4. The molecular weight excluding hydrogens is 233 g/mol. The van der Waals surface area contributed by atoms with Crippen molar-refractivity contribution in [2.75, 3.05) is 7.11 Å². The molecule has 5 heteroatoms. The minimum atomic E-state index is -4.53. The fourth-order valence-corrected chi connectivity index (χ4v) is 1.77. The first-order valence-electron chi connectivity index (χ1n) is 5.32. The predicted octanol–water partition coefficient (Wildman–Crippen LogP) is 3.19. The number of carbonyl (C=O) groups is 1. The lowest BCUT2D eigenvalue weighted by Crippen LogP contribution is -2.46. The lowest BCUT2D eigenvalue weighted by molar-refractivity contribution is -0.248. The Labute approximate surface area is 98.1 Å². The number of alkyl halides is 3. The summed E-state index contributed by atoms with van der Waals surface area (Å²) in [5, 5.41) is 0. The molecule has 0 amide bonds. The van der Waals surface area contributed by atoms with E-state index in [9.17, 15) is 18.0 Å². The van der Waals surface area contributed by atoms with Crippen LogP contribution in [0.5, 0.6) is 0 Å². The van der Waals surface area contributed by atoms with Crippen LogP contribution in [-0.4, -0.2) is 24.7 Å². The van der Waals surface area contributed by atoms with Crippen LogP contribution in [0.4, 0.5) is 13.2 Å². The Bertz CT molecular complexity index is 380. The van der Waals surface area contributed by atoms with Gasteiger partial charge in [0, 0.05) is 25.5 Å². The maximum Gasteiger partial charge on any atom is 0.421 e. The van der Waals surface area contributed by atoms with Crippen molar-refractivity contribution in [1.82, 2.24) is 0 Å². The predicted molar refractivity (Wildman–Crippen MR) is 57.6 cm³/mol. The van der Waals surface area contributed by atoms with Gasteiger partial charge in [0.25, 0.3) is 0 Å². The first kappa shape index (κ1) is 14.0. The quantitative estimate of drug-likeness (QED) is 0.766. The Hall–Kier alpha value is -1.10. The van der Waals surface area contributed by atoms with Crippen LogP contribution >= 0.6 is 0 Å². The van der Waals surface area contributed by atoms with E-state index in [1.54, 1.807) is 13.8 Å². The van der Waals surface area contributed by atoms with Crippen LogP contribution in [0.1, 0.15) is 26.7 Å². The molecular formula is C12H15F3O2. The van der Waals surface area contributed by atoms with E-state index in [4.69, 9.17) is 0 Å². The highest BCUT2D eigenvalue weighted by Crippen LogP contribution is 2.42. The second kappa shape index (κ2) is 4.64. The summed E-state index contributed by atoms with van der Waals surface area (Å²) in [7, 11) is 1.01. The van der Waals surface area contributed by atoms with Crippen LogP contribution in [0.25, 0.3) is 0 Å². The number of hydrogen-bond acceptors (Lipinski definition) is 2. The number of ether oxygens (including phenoxy) is 1. The van der Waals surface area contributed by atoms with Crippen LogP contribution < -0.4 is 0 Å². The van der Waals surface area contributed by atoms with Gasteiger partial charge in [0.05, 0.1) is 0 Å². The first-order valence-corrected chi connectivity index (χ1v) is 5.32. The van der Waals surface area contributed by atoms with Crippen molar-refractivity contribution in [2.45, 2.75) is 38.5 Å². The molecule has 17 heavy (non-hydrogen) atoms. The van der Waals surface area contributed by atoms with Crippen LogP contribution in [0, 0.1) is 0 Å². The van der Waals surface area contributed by atoms with Gasteiger partial charge in [0.15, 0.2) is 11.4 Å². The molecule has 1 aliphatic carbocycles. The summed E-state index contributed by atoms with van der Waals surface area (Å²) >= 11 is 0. The lowest BCUT2D eigenvalue weighted by Gasteiger charge is -2.34. The third-order valence-electron chi connectivity index (χ3n) is 2.98. The average molecular weight is 248 g/mol. The monoisotopic (exact) mass is 248 g/mol. The Morgan fingerprint density at radius 1 is 1.53 bits per heavy atom. The summed E-state index contributed by atoms with van der Waals surface area (Å²) in [6.07, 6.45) is -2.33. The molecule has 0 spiro atoms. The van der Waals surface area contributed by atoms with E-state index in [-0.39, 0.29) is 24.2 Å². The topological polar surface area (TPSA) is 26.3 Å². The van der Waals surface area contributed by atoms with E-state index in [1.807, 2.05) is 0 Å². The molecule has 0 saturated heterocycles. The van der Waals surface area contributed by atoms with Gasteiger partial charge in [-0.25, -0.2) is 0 Å². The second-order valence-corrected chi connectivity index (χ2v) is 4.02. The molecule has 0 aromatic rings. The summed E-state index contributed by atoms with van der Waals surface area (Å²) in [4.78, 5) is 11.6. The van der Waals surface area contributed by atoms with Gasteiger partial charge in [-0.1, -0.05) is 13.0 Å². The number of carbonyl (C=O) groups excluding carboxylic acids is 1. The molecule has 1 rings (SSSR count). The van der Waals surface area contributed by atoms with Gasteiger partial charge in [-0.3, -0.25) is 4.79 Å². The molecule has 2 nitrogen and oxygen atoms in total. The molecule has 0 aromatic heterocycles. The van der Waals surface area contributed by atoms with Crippen molar-refractivity contribution < 1.29 is 22.7 Å². The van der Waals surface area contributed by atoms with Gasteiger partial charge in [-0.2, -0.15) is 13.2 Å². The van der Waals surface area contributed by atoms with Crippen LogP contribution in [-0.2, 0) is 9.53 Å². The van der Waals surface area contributed by atoms with Crippen LogP contribution in [0.15, 0.2) is 23.3 Å². The average Bonchev–Trinajstić information content (AvgIpc) is 2.27. The Balaban J connectivity index is 3.23. The van der Waals surface area contributed by atoms with E-state index >= 15 is 0 Å². The summed E-state index contributed by atoms with van der Waals surface area (Å²) < 4.78 is 43.5. The summed E-state index contributed by atoms with van der Waals surface area (Å²) in [5.74, 6) is -0.302. The summed E-state index contributed by atoms with van der Waals surface area (Å²) in [6.45, 7) is 3.25. The maximum atomic E-state index is 13.0. The molecule has 0 heterocycles. The molecule has 0 N–H and O–H groups in total. The molecule has 0 bridgehead atoms. The number of halogens is 3. The second-order valence-electron chi connectivity index (χ2n) is 4.02. The lowest BCUT2D eigenvalue weighted by atomic mass is 9.84. The van der Waals surface area contributed by atoms with Gasteiger partial charge in [0.1, 0.15) is 0 Å². The Morgan fingerprint density at radius 3 is 2.53 bits per heavy atom. The van der Waals surface area contributed by atoms with E-state index in [0.29, 0.717) is 5.57 Å². The minimum absolute atomic E-state index is 0.109. The van der Waals surface area contributed by atoms with Gasteiger partial charge in [-0.15, -0.1) is 0 Å². The fraction of sp³-hybridized carbons (Fsp3) is 0.583. The smallest absolute Gasteiger partial charge is 0.364 e. The van der Waals surface area contributed by atoms with E-state index in [1.165, 1.54) is 6.08 Å². The van der Waals surface area contributed by atoms with Crippen molar-refractivity contribution in [3.8, 4) is 0 Å². The number of allylic oxidation sites excluding steroid dienone is 2. The van der Waals surface area contributed by atoms with Gasteiger partial charge in [0.2, 0.25) is 0 Å². The van der Waals surface area contributed by atoms with E-state index in [0.717, 1.165) is 13.2 Å². The normalized spacial score (nSPS) is 25.3. The molecule has 0 aliphatic heterocycles. The minimum Gasteiger partial charge on any atom is -0.364 e. The third-order valence-corrected chi connectivity index (χ3v) is 2.98. The molecule has 0 saturated carbocycles. The molecule has 0 aromatic carbocycles. The number of ketones is 1. The van der Waals surface area contributed by atoms with Crippen molar-refractivity contribution in [2.24, 2.45) is 0 Å². The third kappa shape index (κ3) is 2.44.